The van der Waals surface area contributed by atoms with Gasteiger partial charge in [-0.1, -0.05) is 17.7 Å². The predicted octanol–water partition coefficient (Wildman–Crippen LogP) is 3.72. The maximum atomic E-state index is 13.2. The highest BCUT2D eigenvalue weighted by atomic mass is 35.5. The predicted molar refractivity (Wildman–Crippen MR) is 74.4 cm³/mol. The molecule has 1 atom stereocenters. The van der Waals surface area contributed by atoms with E-state index in [1.165, 1.54) is 12.1 Å². The lowest BCUT2D eigenvalue weighted by molar-refractivity contribution is 0.242. The third-order valence-corrected chi connectivity index (χ3v) is 3.50. The fourth-order valence-electron chi connectivity index (χ4n) is 1.96. The summed E-state index contributed by atoms with van der Waals surface area (Å²) in [6.45, 7) is -0.339. The number of benzene rings is 2. The molecule has 0 aliphatic heterocycles. The van der Waals surface area contributed by atoms with Crippen LogP contribution >= 0.6 is 11.6 Å². The molecule has 22 heavy (non-hydrogen) atoms. The largest absolute Gasteiger partial charge is 0.394 e. The summed E-state index contributed by atoms with van der Waals surface area (Å²) in [4.78, 5) is 0. The lowest BCUT2D eigenvalue weighted by atomic mass is 10.1. The Morgan fingerprint density at radius 2 is 1.68 bits per heavy atom. The van der Waals surface area contributed by atoms with Crippen molar-refractivity contribution in [1.29, 1.82) is 0 Å². The lowest BCUT2D eigenvalue weighted by Gasteiger charge is -2.18. The molecule has 2 aromatic carbocycles. The van der Waals surface area contributed by atoms with Gasteiger partial charge in [0.2, 0.25) is 0 Å². The van der Waals surface area contributed by atoms with Crippen molar-refractivity contribution in [3.63, 3.8) is 0 Å². The highest BCUT2D eigenvalue weighted by Gasteiger charge is 2.17. The smallest absolute Gasteiger partial charge is 0.194 e. The van der Waals surface area contributed by atoms with Crippen molar-refractivity contribution in [3.05, 3.63) is 69.8 Å². The Balaban J connectivity index is 2.16. The quantitative estimate of drug-likeness (QED) is 0.645. The Labute approximate surface area is 129 Å². The van der Waals surface area contributed by atoms with Gasteiger partial charge in [-0.25, -0.2) is 17.6 Å². The summed E-state index contributed by atoms with van der Waals surface area (Å²) < 4.78 is 52.3. The summed E-state index contributed by atoms with van der Waals surface area (Å²) in [5.41, 5.74) is 0.599. The lowest BCUT2D eigenvalue weighted by Crippen LogP contribution is -2.24. The van der Waals surface area contributed by atoms with E-state index in [4.69, 9.17) is 11.6 Å². The molecule has 0 spiro atoms. The van der Waals surface area contributed by atoms with Crippen molar-refractivity contribution >= 4 is 11.6 Å². The first-order valence-corrected chi connectivity index (χ1v) is 6.72. The van der Waals surface area contributed by atoms with Crippen molar-refractivity contribution in [2.24, 2.45) is 0 Å². The molecule has 0 aromatic heterocycles. The van der Waals surface area contributed by atoms with Gasteiger partial charge in [0.05, 0.1) is 12.6 Å². The minimum Gasteiger partial charge on any atom is -0.394 e. The zero-order chi connectivity index (χ0) is 16.3. The van der Waals surface area contributed by atoms with Gasteiger partial charge in [-0.05, 0) is 35.4 Å². The van der Waals surface area contributed by atoms with Crippen molar-refractivity contribution in [2.45, 2.75) is 12.6 Å². The van der Waals surface area contributed by atoms with Gasteiger partial charge >= 0.3 is 0 Å². The second kappa shape index (κ2) is 7.09. The third kappa shape index (κ3) is 3.76. The molecule has 2 nitrogen and oxygen atoms in total. The average Bonchev–Trinajstić information content (AvgIpc) is 2.47. The van der Waals surface area contributed by atoms with E-state index < -0.39 is 35.9 Å². The van der Waals surface area contributed by atoms with Gasteiger partial charge in [0, 0.05) is 11.6 Å². The number of rotatable bonds is 5. The molecule has 0 fully saturated rings. The van der Waals surface area contributed by atoms with E-state index >= 15 is 0 Å². The average molecular weight is 334 g/mol. The summed E-state index contributed by atoms with van der Waals surface area (Å²) in [5, 5.41) is 12.3. The van der Waals surface area contributed by atoms with Crippen LogP contribution in [0.3, 0.4) is 0 Å². The normalized spacial score (nSPS) is 12.5. The van der Waals surface area contributed by atoms with Crippen molar-refractivity contribution in [3.8, 4) is 0 Å². The van der Waals surface area contributed by atoms with Gasteiger partial charge < -0.3 is 10.4 Å². The third-order valence-electron chi connectivity index (χ3n) is 3.15. The molecule has 2 rings (SSSR count). The molecule has 0 aliphatic carbocycles. The number of aliphatic hydroxyl groups is 1. The fourth-order valence-corrected chi connectivity index (χ4v) is 2.20. The van der Waals surface area contributed by atoms with E-state index in [1.807, 2.05) is 0 Å². The summed E-state index contributed by atoms with van der Waals surface area (Å²) in [7, 11) is 0. The second-order valence-electron chi connectivity index (χ2n) is 4.65. The van der Waals surface area contributed by atoms with E-state index in [1.54, 1.807) is 0 Å². The molecule has 0 bridgehead atoms. The molecule has 1 unspecified atom stereocenters. The maximum absolute atomic E-state index is 13.2. The molecular formula is C15H12ClF4NO. The van der Waals surface area contributed by atoms with E-state index in [-0.39, 0.29) is 17.1 Å². The van der Waals surface area contributed by atoms with Crippen LogP contribution in [0.25, 0.3) is 0 Å². The summed E-state index contributed by atoms with van der Waals surface area (Å²) in [6.07, 6.45) is 0. The number of halogens is 5. The van der Waals surface area contributed by atoms with Gasteiger partial charge in [0.1, 0.15) is 5.82 Å². The number of hydrogen-bond acceptors (Lipinski definition) is 2. The van der Waals surface area contributed by atoms with Crippen molar-refractivity contribution < 1.29 is 22.7 Å². The first-order chi connectivity index (χ1) is 10.4. The fraction of sp³-hybridized carbons (Fsp3) is 0.200. The Morgan fingerprint density at radius 3 is 2.23 bits per heavy atom. The topological polar surface area (TPSA) is 32.3 Å². The molecule has 2 aromatic rings. The van der Waals surface area contributed by atoms with E-state index in [0.717, 1.165) is 18.2 Å². The Hall–Kier alpha value is -1.63. The summed E-state index contributed by atoms with van der Waals surface area (Å²) in [6, 6.07) is 4.57. The van der Waals surface area contributed by atoms with Crippen LogP contribution < -0.4 is 5.32 Å². The standard InChI is InChI=1S/C15H12ClF4NO/c16-11-5-10(17)2-1-8(11)6-21-14(7-22)9-3-12(18)15(20)13(19)4-9/h1-5,14,21-22H,6-7H2. The number of nitrogens with one attached hydrogen (secondary N) is 1. The first kappa shape index (κ1) is 16.7. The minimum atomic E-state index is -1.57. The molecule has 7 heteroatoms. The molecule has 2 N–H and O–H groups in total. The Morgan fingerprint density at radius 1 is 1.05 bits per heavy atom. The van der Waals surface area contributed by atoms with Crippen molar-refractivity contribution in [2.75, 3.05) is 6.61 Å². The van der Waals surface area contributed by atoms with Gasteiger partial charge in [0.15, 0.2) is 17.5 Å². The van der Waals surface area contributed by atoms with E-state index in [2.05, 4.69) is 5.32 Å². The molecule has 0 saturated carbocycles. The van der Waals surface area contributed by atoms with E-state index in [9.17, 15) is 22.7 Å². The summed E-state index contributed by atoms with van der Waals surface area (Å²) >= 11 is 5.86. The SMILES string of the molecule is OCC(NCc1ccc(F)cc1Cl)c1cc(F)c(F)c(F)c1. The van der Waals surface area contributed by atoms with Crippen LogP contribution in [0, 0.1) is 23.3 Å². The summed E-state index contributed by atoms with van der Waals surface area (Å²) in [5.74, 6) is -4.73. The molecular weight excluding hydrogens is 322 g/mol. The molecule has 0 aliphatic rings. The molecule has 118 valence electrons. The van der Waals surface area contributed by atoms with Crippen LogP contribution in [0.5, 0.6) is 0 Å². The zero-order valence-electron chi connectivity index (χ0n) is 11.2. The zero-order valence-corrected chi connectivity index (χ0v) is 12.0. The van der Waals surface area contributed by atoms with Gasteiger partial charge in [0.25, 0.3) is 0 Å². The monoisotopic (exact) mass is 333 g/mol. The molecule has 0 heterocycles. The van der Waals surface area contributed by atoms with Crippen LogP contribution in [0.1, 0.15) is 17.2 Å². The van der Waals surface area contributed by atoms with Gasteiger partial charge in [-0.15, -0.1) is 0 Å². The van der Waals surface area contributed by atoms with Crippen LogP contribution in [-0.4, -0.2) is 11.7 Å². The Bertz CT molecular complexity index is 658. The highest BCUT2D eigenvalue weighted by molar-refractivity contribution is 6.31. The van der Waals surface area contributed by atoms with Crippen molar-refractivity contribution in [1.82, 2.24) is 5.32 Å². The highest BCUT2D eigenvalue weighted by Crippen LogP contribution is 2.21. The van der Waals surface area contributed by atoms with Crippen LogP contribution in [0.15, 0.2) is 30.3 Å². The second-order valence-corrected chi connectivity index (χ2v) is 5.06. The number of aliphatic hydroxyl groups excluding tert-OH is 1. The molecule has 0 amide bonds. The van der Waals surface area contributed by atoms with Crippen LogP contribution in [-0.2, 0) is 6.54 Å². The molecule has 0 saturated heterocycles. The van der Waals surface area contributed by atoms with Crippen LogP contribution in [0.4, 0.5) is 17.6 Å². The first-order valence-electron chi connectivity index (χ1n) is 6.35. The molecule has 0 radical (unpaired) electrons. The van der Waals surface area contributed by atoms with Gasteiger partial charge in [-0.2, -0.15) is 0 Å². The van der Waals surface area contributed by atoms with Crippen LogP contribution in [0.2, 0.25) is 5.02 Å². The number of hydrogen-bond donors (Lipinski definition) is 2. The van der Waals surface area contributed by atoms with E-state index in [0.29, 0.717) is 5.56 Å². The van der Waals surface area contributed by atoms with Gasteiger partial charge in [-0.3, -0.25) is 0 Å². The maximum Gasteiger partial charge on any atom is 0.194 e. The Kier molecular flexibility index (Phi) is 5.39. The minimum absolute atomic E-state index is 0.0529.